The molecule has 5 heteroatoms. The highest BCUT2D eigenvalue weighted by Gasteiger charge is 2.30. The Balaban J connectivity index is 2.28. The van der Waals surface area contributed by atoms with Gasteiger partial charge in [0.2, 0.25) is 0 Å². The Kier molecular flexibility index (Phi) is 3.23. The summed E-state index contributed by atoms with van der Waals surface area (Å²) in [6.07, 6.45) is -2.81. The average Bonchev–Trinajstić information content (AvgIpc) is 2.31. The molecule has 0 saturated carbocycles. The maximum absolute atomic E-state index is 12.5. The van der Waals surface area contributed by atoms with Crippen molar-refractivity contribution in [3.8, 4) is 0 Å². The van der Waals surface area contributed by atoms with Crippen molar-refractivity contribution < 1.29 is 13.2 Å². The zero-order valence-corrected chi connectivity index (χ0v) is 9.33. The number of aromatic nitrogens is 1. The van der Waals surface area contributed by atoms with E-state index in [0.717, 1.165) is 12.1 Å². The van der Waals surface area contributed by atoms with Crippen LogP contribution in [0.5, 0.6) is 0 Å². The third-order valence-electron chi connectivity index (χ3n) is 2.34. The smallest absolute Gasteiger partial charge is 0.340 e. The van der Waals surface area contributed by atoms with Crippen molar-refractivity contribution in [3.63, 3.8) is 0 Å². The predicted molar refractivity (Wildman–Crippen MR) is 63.4 cm³/mol. The Bertz CT molecular complexity index is 550. The number of pyridine rings is 1. The highest BCUT2D eigenvalue weighted by atomic mass is 19.4. The van der Waals surface area contributed by atoms with Gasteiger partial charge in [-0.2, -0.15) is 13.2 Å². The van der Waals surface area contributed by atoms with E-state index in [9.17, 15) is 13.2 Å². The van der Waals surface area contributed by atoms with Gasteiger partial charge in [-0.15, -0.1) is 0 Å². The number of nitrogens with zero attached hydrogens (tertiary/aromatic N) is 1. The van der Waals surface area contributed by atoms with Gasteiger partial charge in [0.1, 0.15) is 5.82 Å². The summed E-state index contributed by atoms with van der Waals surface area (Å²) >= 11 is 0. The zero-order chi connectivity index (χ0) is 13.2. The lowest BCUT2D eigenvalue weighted by molar-refractivity contribution is -0.137. The van der Waals surface area contributed by atoms with E-state index in [1.54, 1.807) is 24.4 Å². The van der Waals surface area contributed by atoms with Gasteiger partial charge >= 0.3 is 6.18 Å². The van der Waals surface area contributed by atoms with Crippen molar-refractivity contribution in [2.45, 2.75) is 6.18 Å². The molecule has 2 aromatic rings. The molecule has 0 aliphatic heterocycles. The Morgan fingerprint density at radius 3 is 2.56 bits per heavy atom. The number of alkyl halides is 3. The molecule has 1 heterocycles. The lowest BCUT2D eigenvalue weighted by Crippen LogP contribution is -2.05. The molecule has 93 valence electrons. The summed E-state index contributed by atoms with van der Waals surface area (Å²) in [4.78, 5) is 4.01. The molecule has 0 spiro atoms. The molecule has 1 aromatic heterocycles. The minimum absolute atomic E-state index is 0.327. The summed E-state index contributed by atoms with van der Waals surface area (Å²) in [6.45, 7) is 3.74. The molecular formula is C13H10F3N2. The number of hydrogen-bond acceptors (Lipinski definition) is 2. The van der Waals surface area contributed by atoms with Crippen LogP contribution in [-0.4, -0.2) is 4.98 Å². The molecule has 0 atom stereocenters. The highest BCUT2D eigenvalue weighted by Crippen LogP contribution is 2.31. The largest absolute Gasteiger partial charge is 0.416 e. The van der Waals surface area contributed by atoms with Crippen LogP contribution >= 0.6 is 0 Å². The second-order valence-electron chi connectivity index (χ2n) is 3.71. The third kappa shape index (κ3) is 2.80. The molecule has 0 saturated heterocycles. The van der Waals surface area contributed by atoms with E-state index in [0.29, 0.717) is 17.1 Å². The van der Waals surface area contributed by atoms with Gasteiger partial charge in [-0.3, -0.25) is 0 Å². The summed E-state index contributed by atoms with van der Waals surface area (Å²) in [6, 6.07) is 8.38. The quantitative estimate of drug-likeness (QED) is 0.871. The summed E-state index contributed by atoms with van der Waals surface area (Å²) in [5.74, 6) is 0.442. The van der Waals surface area contributed by atoms with E-state index in [-0.39, 0.29) is 0 Å². The molecule has 0 unspecified atom stereocenters. The van der Waals surface area contributed by atoms with Gasteiger partial charge in [0, 0.05) is 11.9 Å². The normalized spacial score (nSPS) is 11.3. The van der Waals surface area contributed by atoms with Crippen LogP contribution in [0.3, 0.4) is 0 Å². The standard InChI is InChI=1S/C13H10F3N2/c1-9-4-3-7-17-12(9)18-11-6-2-5-10(8-11)13(14,15)16/h2-8H,1H2,(H,17,18). The van der Waals surface area contributed by atoms with E-state index < -0.39 is 11.7 Å². The van der Waals surface area contributed by atoms with Crippen LogP contribution in [0.2, 0.25) is 0 Å². The molecule has 0 fully saturated rings. The monoisotopic (exact) mass is 251 g/mol. The molecule has 0 aliphatic carbocycles. The maximum atomic E-state index is 12.5. The van der Waals surface area contributed by atoms with Crippen LogP contribution in [0.15, 0.2) is 42.6 Å². The van der Waals surface area contributed by atoms with Gasteiger partial charge in [-0.1, -0.05) is 12.1 Å². The summed E-state index contributed by atoms with van der Waals surface area (Å²) in [7, 11) is 0. The van der Waals surface area contributed by atoms with Gasteiger partial charge in [-0.25, -0.2) is 4.98 Å². The Morgan fingerprint density at radius 1 is 1.11 bits per heavy atom. The highest BCUT2D eigenvalue weighted by molar-refractivity contribution is 5.60. The second-order valence-corrected chi connectivity index (χ2v) is 3.71. The van der Waals surface area contributed by atoms with Crippen molar-refractivity contribution in [2.24, 2.45) is 0 Å². The molecule has 1 radical (unpaired) electrons. The number of anilines is 2. The Labute approximate surface area is 102 Å². The minimum Gasteiger partial charge on any atom is -0.340 e. The molecule has 0 bridgehead atoms. The van der Waals surface area contributed by atoms with Crippen LogP contribution in [-0.2, 0) is 6.18 Å². The molecule has 1 aromatic carbocycles. The van der Waals surface area contributed by atoms with Crippen LogP contribution in [0, 0.1) is 6.92 Å². The van der Waals surface area contributed by atoms with Crippen molar-refractivity contribution >= 4 is 11.5 Å². The number of benzene rings is 1. The molecule has 18 heavy (non-hydrogen) atoms. The van der Waals surface area contributed by atoms with Crippen LogP contribution in [0.25, 0.3) is 0 Å². The SMILES string of the molecule is [CH2]c1cccnc1Nc1cccc(C(F)(F)F)c1. The van der Waals surface area contributed by atoms with Crippen molar-refractivity contribution in [1.29, 1.82) is 0 Å². The second kappa shape index (κ2) is 4.68. The summed E-state index contributed by atoms with van der Waals surface area (Å²) < 4.78 is 37.6. The first-order chi connectivity index (χ1) is 8.47. The fraction of sp³-hybridized carbons (Fsp3) is 0.0769. The van der Waals surface area contributed by atoms with Gasteiger partial charge in [0.25, 0.3) is 0 Å². The number of hydrogen-bond donors (Lipinski definition) is 1. The van der Waals surface area contributed by atoms with E-state index in [4.69, 9.17) is 0 Å². The topological polar surface area (TPSA) is 24.9 Å². The van der Waals surface area contributed by atoms with E-state index in [1.165, 1.54) is 6.07 Å². The summed E-state index contributed by atoms with van der Waals surface area (Å²) in [5.41, 5.74) is 0.248. The minimum atomic E-state index is -4.35. The fourth-order valence-electron chi connectivity index (χ4n) is 1.46. The Hall–Kier alpha value is -2.04. The van der Waals surface area contributed by atoms with Crippen molar-refractivity contribution in [2.75, 3.05) is 5.32 Å². The Morgan fingerprint density at radius 2 is 1.89 bits per heavy atom. The van der Waals surface area contributed by atoms with Crippen LogP contribution in [0.1, 0.15) is 11.1 Å². The van der Waals surface area contributed by atoms with E-state index >= 15 is 0 Å². The predicted octanol–water partition coefficient (Wildman–Crippen LogP) is 4.03. The van der Waals surface area contributed by atoms with Crippen LogP contribution < -0.4 is 5.32 Å². The molecule has 0 aliphatic rings. The maximum Gasteiger partial charge on any atom is 0.416 e. The first kappa shape index (κ1) is 12.4. The number of halogens is 3. The first-order valence-electron chi connectivity index (χ1n) is 5.18. The van der Waals surface area contributed by atoms with Gasteiger partial charge in [0.05, 0.1) is 5.56 Å². The third-order valence-corrected chi connectivity index (χ3v) is 2.34. The lowest BCUT2D eigenvalue weighted by Gasteiger charge is -2.11. The number of nitrogens with one attached hydrogen (secondary N) is 1. The van der Waals surface area contributed by atoms with E-state index in [1.807, 2.05) is 0 Å². The zero-order valence-electron chi connectivity index (χ0n) is 9.33. The molecule has 1 N–H and O–H groups in total. The average molecular weight is 251 g/mol. The van der Waals surface area contributed by atoms with Crippen molar-refractivity contribution in [1.82, 2.24) is 4.98 Å². The summed E-state index contributed by atoms with van der Waals surface area (Å²) in [5, 5.41) is 2.81. The molecule has 2 nitrogen and oxygen atoms in total. The van der Waals surface area contributed by atoms with Crippen molar-refractivity contribution in [3.05, 3.63) is 60.6 Å². The van der Waals surface area contributed by atoms with Gasteiger partial charge < -0.3 is 5.32 Å². The number of rotatable bonds is 2. The van der Waals surface area contributed by atoms with Crippen LogP contribution in [0.4, 0.5) is 24.7 Å². The van der Waals surface area contributed by atoms with Gasteiger partial charge in [0.15, 0.2) is 0 Å². The van der Waals surface area contributed by atoms with Gasteiger partial charge in [-0.05, 0) is 36.8 Å². The molecule has 2 rings (SSSR count). The lowest BCUT2D eigenvalue weighted by atomic mass is 10.2. The molecule has 0 amide bonds. The first-order valence-corrected chi connectivity index (χ1v) is 5.18. The molecular weight excluding hydrogens is 241 g/mol. The van der Waals surface area contributed by atoms with E-state index in [2.05, 4.69) is 17.2 Å². The fourth-order valence-corrected chi connectivity index (χ4v) is 1.46.